The molecule has 2 aromatic heterocycles. The first-order chi connectivity index (χ1) is 12.9. The predicted octanol–water partition coefficient (Wildman–Crippen LogP) is 3.21. The summed E-state index contributed by atoms with van der Waals surface area (Å²) in [6, 6.07) is 7.10. The molecule has 2 heterocycles. The number of thiazole rings is 1. The van der Waals surface area contributed by atoms with Crippen LogP contribution < -0.4 is 10.9 Å². The Balaban J connectivity index is 1.73. The zero-order chi connectivity index (χ0) is 19.6. The lowest BCUT2D eigenvalue weighted by Crippen LogP contribution is -2.32. The molecule has 3 rings (SSSR count). The van der Waals surface area contributed by atoms with E-state index in [9.17, 15) is 14.0 Å². The largest absolute Gasteiger partial charge is 0.350 e. The Morgan fingerprint density at radius 1 is 1.30 bits per heavy atom. The highest BCUT2D eigenvalue weighted by atomic mass is 35.5. The third-order valence-corrected chi connectivity index (χ3v) is 5.21. The lowest BCUT2D eigenvalue weighted by molar-refractivity contribution is 0.0948. The Hall–Kier alpha value is -2.58. The van der Waals surface area contributed by atoms with Gasteiger partial charge in [-0.2, -0.15) is 5.10 Å². The summed E-state index contributed by atoms with van der Waals surface area (Å²) >= 11 is 7.37. The molecule has 0 aliphatic carbocycles. The van der Waals surface area contributed by atoms with E-state index in [1.54, 1.807) is 6.07 Å². The van der Waals surface area contributed by atoms with Crippen LogP contribution in [0, 0.1) is 19.7 Å². The van der Waals surface area contributed by atoms with Gasteiger partial charge in [0, 0.05) is 12.6 Å². The quantitative estimate of drug-likeness (QED) is 0.705. The van der Waals surface area contributed by atoms with E-state index in [1.807, 2.05) is 13.8 Å². The van der Waals surface area contributed by atoms with Crippen LogP contribution in [0.2, 0.25) is 5.02 Å². The van der Waals surface area contributed by atoms with E-state index in [1.165, 1.54) is 34.2 Å². The summed E-state index contributed by atoms with van der Waals surface area (Å²) in [4.78, 5) is 29.4. The lowest BCUT2D eigenvalue weighted by Gasteiger charge is -2.09. The van der Waals surface area contributed by atoms with E-state index in [-0.39, 0.29) is 29.2 Å². The molecule has 1 amide bonds. The van der Waals surface area contributed by atoms with Crippen molar-refractivity contribution in [1.29, 1.82) is 0 Å². The molecule has 0 unspecified atom stereocenters. The molecule has 0 saturated carbocycles. The maximum Gasteiger partial charge on any atom is 0.266 e. The number of aromatic nitrogens is 3. The number of hydrogen-bond acceptors (Lipinski definition) is 5. The van der Waals surface area contributed by atoms with E-state index >= 15 is 0 Å². The maximum absolute atomic E-state index is 13.8. The van der Waals surface area contributed by atoms with Gasteiger partial charge < -0.3 is 5.32 Å². The van der Waals surface area contributed by atoms with Gasteiger partial charge in [-0.15, -0.1) is 11.3 Å². The zero-order valence-electron chi connectivity index (χ0n) is 14.6. The molecule has 0 atom stereocenters. The first-order valence-corrected chi connectivity index (χ1v) is 9.31. The molecule has 9 heteroatoms. The first kappa shape index (κ1) is 19.2. The van der Waals surface area contributed by atoms with Crippen molar-refractivity contribution in [2.24, 2.45) is 0 Å². The third kappa shape index (κ3) is 4.23. The molecule has 27 heavy (non-hydrogen) atoms. The van der Waals surface area contributed by atoms with Crippen LogP contribution in [0.25, 0.3) is 10.6 Å². The number of aryl methyl sites for hydroxylation is 2. The molecule has 0 saturated heterocycles. The SMILES string of the molecule is Cc1nc(C)c(-c2ccc(=O)n(CCNC(=O)c3c(F)cccc3Cl)n2)s1. The number of amides is 1. The van der Waals surface area contributed by atoms with Gasteiger partial charge in [0.05, 0.1) is 32.7 Å². The summed E-state index contributed by atoms with van der Waals surface area (Å²) in [6.07, 6.45) is 0. The van der Waals surface area contributed by atoms with Crippen molar-refractivity contribution in [3.8, 4) is 10.6 Å². The third-order valence-electron chi connectivity index (χ3n) is 3.80. The van der Waals surface area contributed by atoms with Gasteiger partial charge in [-0.05, 0) is 32.0 Å². The van der Waals surface area contributed by atoms with E-state index < -0.39 is 11.7 Å². The molecule has 3 aromatic rings. The van der Waals surface area contributed by atoms with Crippen molar-refractivity contribution in [2.45, 2.75) is 20.4 Å². The standard InChI is InChI=1S/C18H16ClFN4O2S/c1-10-17(27-11(2)22-10)14-6-7-15(25)24(23-14)9-8-21-18(26)16-12(19)4-3-5-13(16)20/h3-7H,8-9H2,1-2H3,(H,21,26). The molecule has 0 radical (unpaired) electrons. The molecular weight excluding hydrogens is 391 g/mol. The summed E-state index contributed by atoms with van der Waals surface area (Å²) in [5.74, 6) is -1.34. The van der Waals surface area contributed by atoms with Crippen LogP contribution in [0.5, 0.6) is 0 Å². The van der Waals surface area contributed by atoms with Crippen LogP contribution in [-0.4, -0.2) is 27.2 Å². The monoisotopic (exact) mass is 406 g/mol. The minimum absolute atomic E-state index is 0.0285. The number of rotatable bonds is 5. The van der Waals surface area contributed by atoms with E-state index in [0.717, 1.165) is 21.6 Å². The molecule has 6 nitrogen and oxygen atoms in total. The van der Waals surface area contributed by atoms with Crippen LogP contribution in [0.1, 0.15) is 21.1 Å². The molecule has 1 N–H and O–H groups in total. The van der Waals surface area contributed by atoms with Crippen LogP contribution in [-0.2, 0) is 6.54 Å². The normalized spacial score (nSPS) is 10.8. The number of nitrogens with one attached hydrogen (secondary N) is 1. The molecule has 0 bridgehead atoms. The minimum Gasteiger partial charge on any atom is -0.350 e. The Kier molecular flexibility index (Phi) is 5.67. The van der Waals surface area contributed by atoms with Gasteiger partial charge >= 0.3 is 0 Å². The van der Waals surface area contributed by atoms with Crippen LogP contribution in [0.15, 0.2) is 35.1 Å². The van der Waals surface area contributed by atoms with Gasteiger partial charge in [-0.1, -0.05) is 17.7 Å². The maximum atomic E-state index is 13.8. The Morgan fingerprint density at radius 2 is 2.07 bits per heavy atom. The fourth-order valence-electron chi connectivity index (χ4n) is 2.58. The summed E-state index contributed by atoms with van der Waals surface area (Å²) in [5, 5.41) is 7.84. The second-order valence-electron chi connectivity index (χ2n) is 5.78. The van der Waals surface area contributed by atoms with E-state index in [0.29, 0.717) is 5.69 Å². The Bertz CT molecular complexity index is 1040. The fourth-order valence-corrected chi connectivity index (χ4v) is 3.71. The van der Waals surface area contributed by atoms with Crippen molar-refractivity contribution in [2.75, 3.05) is 6.54 Å². The fraction of sp³-hybridized carbons (Fsp3) is 0.222. The summed E-state index contributed by atoms with van der Waals surface area (Å²) in [7, 11) is 0. The van der Waals surface area contributed by atoms with Gasteiger partial charge in [-0.25, -0.2) is 14.1 Å². The molecule has 0 aliphatic heterocycles. The highest BCUT2D eigenvalue weighted by molar-refractivity contribution is 7.15. The number of hydrogen-bond donors (Lipinski definition) is 1. The average Bonchev–Trinajstić information content (AvgIpc) is 2.95. The second-order valence-corrected chi connectivity index (χ2v) is 7.39. The summed E-state index contributed by atoms with van der Waals surface area (Å²) < 4.78 is 15.0. The molecule has 0 fully saturated rings. The molecule has 0 spiro atoms. The van der Waals surface area contributed by atoms with Gasteiger partial charge in [-0.3, -0.25) is 9.59 Å². The van der Waals surface area contributed by atoms with Gasteiger partial charge in [0.1, 0.15) is 11.5 Å². The van der Waals surface area contributed by atoms with Gasteiger partial charge in [0.2, 0.25) is 0 Å². The van der Waals surface area contributed by atoms with E-state index in [4.69, 9.17) is 11.6 Å². The Morgan fingerprint density at radius 3 is 2.74 bits per heavy atom. The average molecular weight is 407 g/mol. The second kappa shape index (κ2) is 7.98. The minimum atomic E-state index is -0.701. The van der Waals surface area contributed by atoms with Crippen molar-refractivity contribution < 1.29 is 9.18 Å². The van der Waals surface area contributed by atoms with Gasteiger partial charge in [0.15, 0.2) is 0 Å². The highest BCUT2D eigenvalue weighted by Crippen LogP contribution is 2.27. The lowest BCUT2D eigenvalue weighted by atomic mass is 10.2. The summed E-state index contributed by atoms with van der Waals surface area (Å²) in [5.41, 5.74) is 0.971. The van der Waals surface area contributed by atoms with E-state index in [2.05, 4.69) is 15.4 Å². The molecular formula is C18H16ClFN4O2S. The zero-order valence-corrected chi connectivity index (χ0v) is 16.2. The molecule has 0 aliphatic rings. The first-order valence-electron chi connectivity index (χ1n) is 8.11. The molecule has 140 valence electrons. The number of nitrogens with zero attached hydrogens (tertiary/aromatic N) is 3. The highest BCUT2D eigenvalue weighted by Gasteiger charge is 2.15. The number of carbonyl (C=O) groups excluding carboxylic acids is 1. The van der Waals surface area contributed by atoms with Crippen molar-refractivity contribution in [3.63, 3.8) is 0 Å². The smallest absolute Gasteiger partial charge is 0.266 e. The van der Waals surface area contributed by atoms with Crippen LogP contribution in [0.3, 0.4) is 0 Å². The predicted molar refractivity (Wildman–Crippen MR) is 103 cm³/mol. The summed E-state index contributed by atoms with van der Waals surface area (Å²) in [6.45, 7) is 4.02. The number of benzene rings is 1. The van der Waals surface area contributed by atoms with Crippen LogP contribution >= 0.6 is 22.9 Å². The number of halogens is 2. The number of carbonyl (C=O) groups is 1. The van der Waals surface area contributed by atoms with Crippen molar-refractivity contribution in [1.82, 2.24) is 20.1 Å². The van der Waals surface area contributed by atoms with Crippen LogP contribution in [0.4, 0.5) is 4.39 Å². The van der Waals surface area contributed by atoms with Gasteiger partial charge in [0.25, 0.3) is 11.5 Å². The molecule has 1 aromatic carbocycles. The van der Waals surface area contributed by atoms with Crippen molar-refractivity contribution >= 4 is 28.8 Å². The van der Waals surface area contributed by atoms with Crippen molar-refractivity contribution in [3.05, 3.63) is 67.8 Å². The Labute approximate surface area is 163 Å². The topological polar surface area (TPSA) is 76.9 Å².